The van der Waals surface area contributed by atoms with Crippen LogP contribution in [0.5, 0.6) is 11.5 Å². The second-order valence-corrected chi connectivity index (χ2v) is 9.60. The van der Waals surface area contributed by atoms with Gasteiger partial charge in [-0.2, -0.15) is 0 Å². The molecule has 0 unspecified atom stereocenters. The molecule has 2 aromatic carbocycles. The number of hydrogen-bond acceptors (Lipinski definition) is 6. The highest BCUT2D eigenvalue weighted by atomic mass is 32.1. The zero-order valence-corrected chi connectivity index (χ0v) is 22.2. The van der Waals surface area contributed by atoms with Gasteiger partial charge in [0.15, 0.2) is 0 Å². The molecule has 1 aromatic heterocycles. The summed E-state index contributed by atoms with van der Waals surface area (Å²) in [6.07, 6.45) is 13.4. The van der Waals surface area contributed by atoms with Crippen molar-refractivity contribution < 1.29 is 14.3 Å². The lowest BCUT2D eigenvalue weighted by Crippen LogP contribution is -2.05. The number of nitrogens with zero attached hydrogens (tertiary/aromatic N) is 2. The summed E-state index contributed by atoms with van der Waals surface area (Å²) in [6, 6.07) is 15.3. The van der Waals surface area contributed by atoms with Gasteiger partial charge < -0.3 is 9.47 Å². The van der Waals surface area contributed by atoms with Crippen LogP contribution >= 0.6 is 11.3 Å². The average Bonchev–Trinajstić information content (AvgIpc) is 3.39. The molecule has 190 valence electrons. The predicted molar refractivity (Wildman–Crippen MR) is 147 cm³/mol. The van der Waals surface area contributed by atoms with Crippen molar-refractivity contribution in [2.45, 2.75) is 71.6 Å². The molecular formula is C30H36N2O3S. The number of hydrogen-bond donors (Lipinski definition) is 0. The first-order valence-corrected chi connectivity index (χ1v) is 13.8. The fourth-order valence-electron chi connectivity index (χ4n) is 3.48. The van der Waals surface area contributed by atoms with Crippen molar-refractivity contribution in [3.05, 3.63) is 66.4 Å². The molecule has 6 heteroatoms. The van der Waals surface area contributed by atoms with Gasteiger partial charge in [-0.25, -0.2) is 0 Å². The number of carbonyl (C=O) groups excluding carboxylic acids is 1. The molecule has 0 aliphatic rings. The molecule has 0 amide bonds. The molecule has 0 spiro atoms. The predicted octanol–water partition coefficient (Wildman–Crippen LogP) is 8.42. The third kappa shape index (κ3) is 9.44. The van der Waals surface area contributed by atoms with Gasteiger partial charge in [-0.05, 0) is 79.9 Å². The Hall–Kier alpha value is -3.21. The van der Waals surface area contributed by atoms with Gasteiger partial charge in [0, 0.05) is 11.1 Å². The quantitative estimate of drug-likeness (QED) is 0.0899. The van der Waals surface area contributed by atoms with Crippen LogP contribution in [-0.4, -0.2) is 22.8 Å². The van der Waals surface area contributed by atoms with Crippen molar-refractivity contribution in [2.75, 3.05) is 6.61 Å². The fourth-order valence-corrected chi connectivity index (χ4v) is 4.34. The maximum absolute atomic E-state index is 12.1. The number of carbonyl (C=O) groups is 1. The summed E-state index contributed by atoms with van der Waals surface area (Å²) >= 11 is 1.52. The first kappa shape index (κ1) is 27.4. The van der Waals surface area contributed by atoms with Gasteiger partial charge in [-0.15, -0.1) is 15.9 Å². The van der Waals surface area contributed by atoms with Crippen molar-refractivity contribution in [1.29, 1.82) is 0 Å². The van der Waals surface area contributed by atoms with Crippen LogP contribution in [-0.2, 0) is 4.79 Å². The lowest BCUT2D eigenvalue weighted by atomic mass is 10.1. The van der Waals surface area contributed by atoms with Crippen LogP contribution in [0.25, 0.3) is 21.1 Å². The van der Waals surface area contributed by atoms with Crippen LogP contribution in [0.15, 0.2) is 66.4 Å². The van der Waals surface area contributed by atoms with Crippen LogP contribution in [0, 0.1) is 0 Å². The normalized spacial score (nSPS) is 10.5. The summed E-state index contributed by atoms with van der Waals surface area (Å²) in [6.45, 7) is 5.10. The van der Waals surface area contributed by atoms with Crippen molar-refractivity contribution in [2.24, 2.45) is 0 Å². The highest BCUT2D eigenvalue weighted by Crippen LogP contribution is 2.31. The number of unbranched alkanes of at least 4 members (excludes halogenated alkanes) is 6. The number of esters is 1. The summed E-state index contributed by atoms with van der Waals surface area (Å²) in [4.78, 5) is 12.1. The van der Waals surface area contributed by atoms with Crippen LogP contribution < -0.4 is 9.47 Å². The summed E-state index contributed by atoms with van der Waals surface area (Å²) in [7, 11) is 0. The maximum Gasteiger partial charge on any atom is 0.315 e. The molecule has 3 rings (SSSR count). The van der Waals surface area contributed by atoms with E-state index in [2.05, 4.69) is 29.8 Å². The lowest BCUT2D eigenvalue weighted by molar-refractivity contribution is -0.133. The molecule has 0 atom stereocenters. The molecule has 3 aromatic rings. The highest BCUT2D eigenvalue weighted by Gasteiger charge is 2.10. The third-order valence-electron chi connectivity index (χ3n) is 5.58. The van der Waals surface area contributed by atoms with E-state index in [1.807, 2.05) is 42.5 Å². The second kappa shape index (κ2) is 15.7. The van der Waals surface area contributed by atoms with Gasteiger partial charge in [0.05, 0.1) is 13.0 Å². The number of aromatic nitrogens is 2. The molecule has 0 saturated heterocycles. The Bertz CT molecular complexity index is 1110. The minimum Gasteiger partial charge on any atom is -0.494 e. The number of ether oxygens (including phenoxy) is 2. The van der Waals surface area contributed by atoms with E-state index in [4.69, 9.17) is 9.47 Å². The first-order chi connectivity index (χ1) is 17.7. The van der Waals surface area contributed by atoms with E-state index in [-0.39, 0.29) is 12.4 Å². The smallest absolute Gasteiger partial charge is 0.315 e. The average molecular weight is 505 g/mol. The Morgan fingerprint density at radius 2 is 1.42 bits per heavy atom. The van der Waals surface area contributed by atoms with E-state index in [0.29, 0.717) is 5.75 Å². The molecule has 0 bridgehead atoms. The van der Waals surface area contributed by atoms with E-state index < -0.39 is 0 Å². The minimum atomic E-state index is -0.299. The summed E-state index contributed by atoms with van der Waals surface area (Å²) in [5.41, 5.74) is 5.02. The van der Waals surface area contributed by atoms with Gasteiger partial charge >= 0.3 is 5.97 Å². The van der Waals surface area contributed by atoms with Crippen LogP contribution in [0.1, 0.15) is 71.6 Å². The van der Waals surface area contributed by atoms with Crippen molar-refractivity contribution in [3.63, 3.8) is 0 Å². The van der Waals surface area contributed by atoms with Gasteiger partial charge in [0.25, 0.3) is 0 Å². The maximum atomic E-state index is 12.1. The monoisotopic (exact) mass is 504 g/mol. The molecular weight excluding hydrogens is 468 g/mol. The SMILES string of the molecule is CCCCCCCC=C=CCC(=O)Oc1ccc(-c2nnc(-c3ccc(OCCCC)cc3)s2)cc1. The minimum absolute atomic E-state index is 0.205. The van der Waals surface area contributed by atoms with E-state index in [1.165, 1.54) is 43.4 Å². The molecule has 36 heavy (non-hydrogen) atoms. The summed E-state index contributed by atoms with van der Waals surface area (Å²) in [5.74, 6) is 1.08. The molecule has 0 aliphatic heterocycles. The Balaban J connectivity index is 1.46. The van der Waals surface area contributed by atoms with Gasteiger partial charge in [-0.3, -0.25) is 4.79 Å². The Morgan fingerprint density at radius 1 is 0.806 bits per heavy atom. The van der Waals surface area contributed by atoms with Crippen molar-refractivity contribution in [1.82, 2.24) is 10.2 Å². The summed E-state index contributed by atoms with van der Waals surface area (Å²) in [5, 5.41) is 10.3. The Kier molecular flexibility index (Phi) is 12.0. The van der Waals surface area contributed by atoms with Crippen molar-refractivity contribution >= 4 is 17.3 Å². The van der Waals surface area contributed by atoms with Gasteiger partial charge in [0.2, 0.25) is 0 Å². The van der Waals surface area contributed by atoms with E-state index in [9.17, 15) is 4.79 Å². The van der Waals surface area contributed by atoms with E-state index in [0.717, 1.165) is 52.8 Å². The Morgan fingerprint density at radius 3 is 2.06 bits per heavy atom. The Labute approximate surface area is 218 Å². The van der Waals surface area contributed by atoms with Gasteiger partial charge in [0.1, 0.15) is 21.5 Å². The largest absolute Gasteiger partial charge is 0.494 e. The molecule has 1 heterocycles. The highest BCUT2D eigenvalue weighted by molar-refractivity contribution is 7.17. The zero-order valence-electron chi connectivity index (χ0n) is 21.4. The molecule has 0 saturated carbocycles. The van der Waals surface area contributed by atoms with Crippen LogP contribution in [0.2, 0.25) is 0 Å². The second-order valence-electron chi connectivity index (χ2n) is 8.62. The molecule has 0 aliphatic carbocycles. The molecule has 5 nitrogen and oxygen atoms in total. The van der Waals surface area contributed by atoms with Crippen molar-refractivity contribution in [3.8, 4) is 32.6 Å². The topological polar surface area (TPSA) is 61.3 Å². The molecule has 0 N–H and O–H groups in total. The zero-order chi connectivity index (χ0) is 25.4. The van der Waals surface area contributed by atoms with Gasteiger partial charge in [-0.1, -0.05) is 57.3 Å². The standard InChI is InChI=1S/C30H36N2O3S/c1-3-5-7-8-9-10-11-12-13-14-28(33)35-27-21-17-25(18-22-27)30-32-31-29(36-30)24-15-19-26(20-16-24)34-23-6-4-2/h11,13,15-22H,3-10,14,23H2,1-2H3. The first-order valence-electron chi connectivity index (χ1n) is 13.0. The van der Waals surface area contributed by atoms with E-state index in [1.54, 1.807) is 18.2 Å². The fraction of sp³-hybridized carbons (Fsp3) is 0.400. The van der Waals surface area contributed by atoms with Crippen LogP contribution in [0.3, 0.4) is 0 Å². The molecule has 0 fully saturated rings. The molecule has 0 radical (unpaired) electrons. The van der Waals surface area contributed by atoms with E-state index >= 15 is 0 Å². The lowest BCUT2D eigenvalue weighted by Gasteiger charge is -2.05. The number of rotatable bonds is 15. The van der Waals surface area contributed by atoms with Crippen LogP contribution in [0.4, 0.5) is 0 Å². The number of benzene rings is 2. The summed E-state index contributed by atoms with van der Waals surface area (Å²) < 4.78 is 11.2. The third-order valence-corrected chi connectivity index (χ3v) is 6.60.